The van der Waals surface area contributed by atoms with Gasteiger partial charge in [-0.05, 0) is 25.3 Å². The Morgan fingerprint density at radius 3 is 2.64 bits per heavy atom. The second-order valence-electron chi connectivity index (χ2n) is 4.22. The summed E-state index contributed by atoms with van der Waals surface area (Å²) < 4.78 is 0. The molecule has 0 spiro atoms. The molecule has 1 fully saturated rings. The molecule has 0 amide bonds. The molecule has 2 nitrogen and oxygen atoms in total. The summed E-state index contributed by atoms with van der Waals surface area (Å²) in [7, 11) is 0. The van der Waals surface area contributed by atoms with Gasteiger partial charge in [-0.25, -0.2) is 0 Å². The quantitative estimate of drug-likeness (QED) is 0.707. The van der Waals surface area contributed by atoms with Crippen LogP contribution < -0.4 is 5.32 Å². The van der Waals surface area contributed by atoms with Crippen molar-refractivity contribution in [3.8, 4) is 0 Å². The van der Waals surface area contributed by atoms with Crippen molar-refractivity contribution in [3.63, 3.8) is 0 Å². The SMILES string of the molecule is CC1CCC(O)(c2ccccc2)CN1. The molecule has 14 heavy (non-hydrogen) atoms. The molecule has 1 aromatic carbocycles. The van der Waals surface area contributed by atoms with Crippen molar-refractivity contribution in [1.82, 2.24) is 5.32 Å². The van der Waals surface area contributed by atoms with Crippen molar-refractivity contribution in [2.75, 3.05) is 6.54 Å². The number of piperidine rings is 1. The van der Waals surface area contributed by atoms with Crippen LogP contribution in [-0.2, 0) is 5.60 Å². The molecule has 2 unspecified atom stereocenters. The Hall–Kier alpha value is -0.860. The molecule has 76 valence electrons. The molecule has 1 heterocycles. The van der Waals surface area contributed by atoms with Crippen molar-refractivity contribution >= 4 is 0 Å². The third-order valence-corrected chi connectivity index (χ3v) is 3.05. The lowest BCUT2D eigenvalue weighted by Gasteiger charge is -2.36. The Kier molecular flexibility index (Phi) is 2.57. The molecule has 0 saturated carbocycles. The van der Waals surface area contributed by atoms with Crippen LogP contribution in [0.4, 0.5) is 0 Å². The van der Waals surface area contributed by atoms with Gasteiger partial charge in [0.1, 0.15) is 5.60 Å². The first-order valence-electron chi connectivity index (χ1n) is 5.22. The Morgan fingerprint density at radius 1 is 1.36 bits per heavy atom. The molecular formula is C12H17NO. The van der Waals surface area contributed by atoms with Crippen LogP contribution in [0.2, 0.25) is 0 Å². The Bertz CT molecular complexity index is 288. The average molecular weight is 191 g/mol. The summed E-state index contributed by atoms with van der Waals surface area (Å²) in [6.07, 6.45) is 1.89. The number of hydrogen-bond donors (Lipinski definition) is 2. The molecule has 1 saturated heterocycles. The predicted octanol–water partition coefficient (Wildman–Crippen LogP) is 1.65. The fourth-order valence-corrected chi connectivity index (χ4v) is 1.98. The normalized spacial score (nSPS) is 32.9. The highest BCUT2D eigenvalue weighted by Gasteiger charge is 2.32. The van der Waals surface area contributed by atoms with Crippen LogP contribution in [0.25, 0.3) is 0 Å². The molecular weight excluding hydrogens is 174 g/mol. The number of rotatable bonds is 1. The third kappa shape index (κ3) is 1.81. The van der Waals surface area contributed by atoms with Gasteiger partial charge in [-0.2, -0.15) is 0 Å². The van der Waals surface area contributed by atoms with Gasteiger partial charge in [0.2, 0.25) is 0 Å². The third-order valence-electron chi connectivity index (χ3n) is 3.05. The Morgan fingerprint density at radius 2 is 2.07 bits per heavy atom. The van der Waals surface area contributed by atoms with Gasteiger partial charge < -0.3 is 10.4 Å². The zero-order valence-electron chi connectivity index (χ0n) is 8.53. The van der Waals surface area contributed by atoms with E-state index in [-0.39, 0.29) is 0 Å². The average Bonchev–Trinajstić information content (AvgIpc) is 2.24. The van der Waals surface area contributed by atoms with E-state index in [4.69, 9.17) is 0 Å². The maximum atomic E-state index is 10.4. The molecule has 0 aromatic heterocycles. The zero-order chi connectivity index (χ0) is 10.0. The van der Waals surface area contributed by atoms with Gasteiger partial charge in [-0.1, -0.05) is 30.3 Å². The molecule has 1 aromatic rings. The first-order valence-corrected chi connectivity index (χ1v) is 5.22. The number of hydrogen-bond acceptors (Lipinski definition) is 2. The van der Waals surface area contributed by atoms with Gasteiger partial charge in [0.25, 0.3) is 0 Å². The Labute approximate surface area is 85.0 Å². The van der Waals surface area contributed by atoms with Crippen LogP contribution in [0.5, 0.6) is 0 Å². The minimum atomic E-state index is -0.659. The summed E-state index contributed by atoms with van der Waals surface area (Å²) in [5.74, 6) is 0. The minimum absolute atomic E-state index is 0.527. The molecule has 2 heteroatoms. The van der Waals surface area contributed by atoms with E-state index in [2.05, 4.69) is 12.2 Å². The number of β-amino-alcohol motifs (C(OH)–C–C–N with tert-alkyl or cyclic N) is 1. The molecule has 0 bridgehead atoms. The lowest BCUT2D eigenvalue weighted by atomic mass is 9.85. The van der Waals surface area contributed by atoms with Crippen LogP contribution in [0.15, 0.2) is 30.3 Å². The highest BCUT2D eigenvalue weighted by atomic mass is 16.3. The van der Waals surface area contributed by atoms with Crippen LogP contribution in [-0.4, -0.2) is 17.7 Å². The van der Waals surface area contributed by atoms with Crippen molar-refractivity contribution in [3.05, 3.63) is 35.9 Å². The molecule has 0 aliphatic carbocycles. The maximum absolute atomic E-state index is 10.4. The van der Waals surface area contributed by atoms with Crippen molar-refractivity contribution in [2.45, 2.75) is 31.4 Å². The van der Waals surface area contributed by atoms with Crippen LogP contribution in [0, 0.1) is 0 Å². The van der Waals surface area contributed by atoms with Gasteiger partial charge in [0.15, 0.2) is 0 Å². The van der Waals surface area contributed by atoms with E-state index in [0.29, 0.717) is 12.6 Å². The summed E-state index contributed by atoms with van der Waals surface area (Å²) >= 11 is 0. The summed E-state index contributed by atoms with van der Waals surface area (Å²) in [5, 5.41) is 13.7. The van der Waals surface area contributed by atoms with E-state index in [1.165, 1.54) is 0 Å². The molecule has 2 atom stereocenters. The monoisotopic (exact) mass is 191 g/mol. The van der Waals surface area contributed by atoms with E-state index in [0.717, 1.165) is 18.4 Å². The molecule has 0 radical (unpaired) electrons. The Balaban J connectivity index is 2.17. The zero-order valence-corrected chi connectivity index (χ0v) is 8.53. The van der Waals surface area contributed by atoms with E-state index in [1.807, 2.05) is 30.3 Å². The number of benzene rings is 1. The minimum Gasteiger partial charge on any atom is -0.384 e. The van der Waals surface area contributed by atoms with Gasteiger partial charge in [-0.3, -0.25) is 0 Å². The summed E-state index contributed by atoms with van der Waals surface area (Å²) in [5.41, 5.74) is 0.368. The number of nitrogens with one attached hydrogen (secondary N) is 1. The van der Waals surface area contributed by atoms with Gasteiger partial charge in [-0.15, -0.1) is 0 Å². The second-order valence-corrected chi connectivity index (χ2v) is 4.22. The fraction of sp³-hybridized carbons (Fsp3) is 0.500. The first kappa shape index (κ1) is 9.69. The molecule has 2 rings (SSSR count). The topological polar surface area (TPSA) is 32.3 Å². The smallest absolute Gasteiger partial charge is 0.102 e. The summed E-state index contributed by atoms with van der Waals surface area (Å²) in [6, 6.07) is 10.5. The molecule has 1 aliphatic rings. The van der Waals surface area contributed by atoms with E-state index in [9.17, 15) is 5.11 Å². The fourth-order valence-electron chi connectivity index (χ4n) is 1.98. The highest BCUT2D eigenvalue weighted by Crippen LogP contribution is 2.29. The van der Waals surface area contributed by atoms with Crippen molar-refractivity contribution in [1.29, 1.82) is 0 Å². The molecule has 1 aliphatic heterocycles. The van der Waals surface area contributed by atoms with E-state index >= 15 is 0 Å². The van der Waals surface area contributed by atoms with E-state index in [1.54, 1.807) is 0 Å². The van der Waals surface area contributed by atoms with Crippen LogP contribution in [0.3, 0.4) is 0 Å². The van der Waals surface area contributed by atoms with Gasteiger partial charge in [0.05, 0.1) is 0 Å². The highest BCUT2D eigenvalue weighted by molar-refractivity contribution is 5.23. The van der Waals surface area contributed by atoms with Gasteiger partial charge in [0, 0.05) is 12.6 Å². The van der Waals surface area contributed by atoms with Crippen molar-refractivity contribution < 1.29 is 5.11 Å². The predicted molar refractivity (Wildman–Crippen MR) is 57.0 cm³/mol. The van der Waals surface area contributed by atoms with E-state index < -0.39 is 5.60 Å². The summed E-state index contributed by atoms with van der Waals surface area (Å²) in [4.78, 5) is 0. The summed E-state index contributed by atoms with van der Waals surface area (Å²) in [6.45, 7) is 2.82. The van der Waals surface area contributed by atoms with Crippen LogP contribution in [0.1, 0.15) is 25.3 Å². The van der Waals surface area contributed by atoms with Crippen molar-refractivity contribution in [2.24, 2.45) is 0 Å². The second kappa shape index (κ2) is 3.71. The van der Waals surface area contributed by atoms with Gasteiger partial charge >= 0.3 is 0 Å². The first-order chi connectivity index (χ1) is 6.71. The lowest BCUT2D eigenvalue weighted by molar-refractivity contribution is 0.00370. The number of aliphatic hydroxyl groups is 1. The maximum Gasteiger partial charge on any atom is 0.102 e. The molecule has 2 N–H and O–H groups in total. The van der Waals surface area contributed by atoms with Crippen LogP contribution >= 0.6 is 0 Å². The standard InChI is InChI=1S/C12H17NO/c1-10-7-8-12(14,9-13-10)11-5-3-2-4-6-11/h2-6,10,13-14H,7-9H2,1H3. The largest absolute Gasteiger partial charge is 0.384 e. The lowest BCUT2D eigenvalue weighted by Crippen LogP contribution is -2.47.